The molecule has 112 valence electrons. The average molecular weight is 300 g/mol. The lowest BCUT2D eigenvalue weighted by Gasteiger charge is -2.09. The Morgan fingerprint density at radius 3 is 2.76 bits per heavy atom. The fourth-order valence-corrected chi connectivity index (χ4v) is 1.64. The largest absolute Gasteiger partial charge is 0.461 e. The van der Waals surface area contributed by atoms with Gasteiger partial charge in [-0.1, -0.05) is 11.3 Å². The van der Waals surface area contributed by atoms with E-state index in [0.717, 1.165) is 16.8 Å². The van der Waals surface area contributed by atoms with Gasteiger partial charge in [-0.05, 0) is 25.1 Å². The number of carbonyl (C=O) groups excluding carboxylic acids is 1. The van der Waals surface area contributed by atoms with Crippen LogP contribution in [0.1, 0.15) is 23.0 Å². The maximum Gasteiger partial charge on any atom is 0.416 e. The van der Waals surface area contributed by atoms with Crippen LogP contribution in [0.25, 0.3) is 5.69 Å². The summed E-state index contributed by atoms with van der Waals surface area (Å²) >= 11 is 0. The first-order chi connectivity index (χ1) is 9.84. The molecule has 1 aromatic carbocycles. The quantitative estimate of drug-likeness (QED) is 0.877. The number of benzene rings is 1. The molecule has 6 nitrogen and oxygen atoms in total. The van der Waals surface area contributed by atoms with Gasteiger partial charge in [0.1, 0.15) is 0 Å². The minimum atomic E-state index is -4.49. The lowest BCUT2D eigenvalue weighted by Crippen LogP contribution is -2.10. The van der Waals surface area contributed by atoms with Gasteiger partial charge in [0.2, 0.25) is 5.69 Å². The average Bonchev–Trinajstić information content (AvgIpc) is 2.80. The number of anilines is 1. The van der Waals surface area contributed by atoms with Gasteiger partial charge < -0.3 is 10.5 Å². The number of nitrogens with two attached hydrogens (primary N) is 1. The van der Waals surface area contributed by atoms with E-state index in [4.69, 9.17) is 10.5 Å². The summed E-state index contributed by atoms with van der Waals surface area (Å²) in [6, 6.07) is 4.36. The van der Waals surface area contributed by atoms with Crippen LogP contribution in [0.2, 0.25) is 0 Å². The van der Waals surface area contributed by atoms with Gasteiger partial charge in [0.25, 0.3) is 0 Å². The van der Waals surface area contributed by atoms with Crippen LogP contribution in [0.15, 0.2) is 24.3 Å². The monoisotopic (exact) mass is 300 g/mol. The van der Waals surface area contributed by atoms with E-state index in [1.54, 1.807) is 6.92 Å². The minimum Gasteiger partial charge on any atom is -0.461 e. The number of nitrogen functional groups attached to an aromatic ring is 1. The van der Waals surface area contributed by atoms with Crippen molar-refractivity contribution in [1.82, 2.24) is 15.0 Å². The van der Waals surface area contributed by atoms with E-state index in [0.29, 0.717) is 0 Å². The molecule has 0 fully saturated rings. The third kappa shape index (κ3) is 2.96. The minimum absolute atomic E-state index is 0.0466. The Hall–Kier alpha value is -2.58. The molecule has 0 aliphatic rings. The summed E-state index contributed by atoms with van der Waals surface area (Å²) < 4.78 is 43.7. The first kappa shape index (κ1) is 14.8. The Morgan fingerprint density at radius 1 is 1.43 bits per heavy atom. The standard InChI is InChI=1S/C12H11F3N4O2/c1-2-21-11(20)9-10(16)19(18-17-9)8-5-3-4-7(6-8)12(13,14)15/h3-6H,2,16H2,1H3. The van der Waals surface area contributed by atoms with E-state index < -0.39 is 17.7 Å². The number of hydrogen-bond acceptors (Lipinski definition) is 5. The summed E-state index contributed by atoms with van der Waals surface area (Å²) in [6.45, 7) is 1.72. The molecule has 2 rings (SSSR count). The molecule has 0 amide bonds. The normalized spacial score (nSPS) is 11.4. The molecule has 0 unspecified atom stereocenters. The van der Waals surface area contributed by atoms with Crippen LogP contribution in [-0.2, 0) is 10.9 Å². The van der Waals surface area contributed by atoms with E-state index in [9.17, 15) is 18.0 Å². The summed E-state index contributed by atoms with van der Waals surface area (Å²) in [5.74, 6) is -0.971. The second kappa shape index (κ2) is 5.43. The fraction of sp³-hybridized carbons (Fsp3) is 0.250. The van der Waals surface area contributed by atoms with E-state index in [-0.39, 0.29) is 23.8 Å². The third-order valence-corrected chi connectivity index (χ3v) is 2.59. The summed E-state index contributed by atoms with van der Waals surface area (Å²) in [7, 11) is 0. The molecule has 0 aliphatic carbocycles. The van der Waals surface area contributed by atoms with Crippen molar-refractivity contribution < 1.29 is 22.7 Å². The van der Waals surface area contributed by atoms with Crippen molar-refractivity contribution in [1.29, 1.82) is 0 Å². The fourth-order valence-electron chi connectivity index (χ4n) is 1.64. The zero-order chi connectivity index (χ0) is 15.6. The highest BCUT2D eigenvalue weighted by molar-refractivity contribution is 5.92. The smallest absolute Gasteiger partial charge is 0.416 e. The lowest BCUT2D eigenvalue weighted by molar-refractivity contribution is -0.137. The molecule has 1 aromatic heterocycles. The first-order valence-electron chi connectivity index (χ1n) is 5.90. The van der Waals surface area contributed by atoms with E-state index in [1.807, 2.05) is 0 Å². The van der Waals surface area contributed by atoms with Crippen LogP contribution in [-0.4, -0.2) is 27.6 Å². The third-order valence-electron chi connectivity index (χ3n) is 2.59. The molecule has 0 aliphatic heterocycles. The zero-order valence-corrected chi connectivity index (χ0v) is 10.9. The van der Waals surface area contributed by atoms with Crippen LogP contribution in [0.5, 0.6) is 0 Å². The maximum absolute atomic E-state index is 12.7. The number of nitrogens with zero attached hydrogens (tertiary/aromatic N) is 3. The molecule has 0 bridgehead atoms. The molecule has 0 radical (unpaired) electrons. The highest BCUT2D eigenvalue weighted by Crippen LogP contribution is 2.30. The molecule has 9 heteroatoms. The number of esters is 1. The topological polar surface area (TPSA) is 83.0 Å². The molecule has 0 spiro atoms. The summed E-state index contributed by atoms with van der Waals surface area (Å²) in [5, 5.41) is 7.12. The lowest BCUT2D eigenvalue weighted by atomic mass is 10.2. The van der Waals surface area contributed by atoms with Gasteiger partial charge in [-0.3, -0.25) is 0 Å². The van der Waals surface area contributed by atoms with Crippen LogP contribution >= 0.6 is 0 Å². The van der Waals surface area contributed by atoms with Crippen LogP contribution < -0.4 is 5.73 Å². The van der Waals surface area contributed by atoms with Gasteiger partial charge >= 0.3 is 12.1 Å². The SMILES string of the molecule is CCOC(=O)c1nnn(-c2cccc(C(F)(F)F)c2)c1N. The highest BCUT2D eigenvalue weighted by Gasteiger charge is 2.31. The molecule has 21 heavy (non-hydrogen) atoms. The molecule has 0 saturated carbocycles. The van der Waals surface area contributed by atoms with E-state index in [2.05, 4.69) is 10.3 Å². The van der Waals surface area contributed by atoms with Crippen LogP contribution in [0.3, 0.4) is 0 Å². The number of alkyl halides is 3. The summed E-state index contributed by atoms with van der Waals surface area (Å²) in [6.07, 6.45) is -4.49. The zero-order valence-electron chi connectivity index (χ0n) is 10.9. The first-order valence-corrected chi connectivity index (χ1v) is 5.90. The van der Waals surface area contributed by atoms with Crippen molar-refractivity contribution in [2.75, 3.05) is 12.3 Å². The van der Waals surface area contributed by atoms with Crippen LogP contribution in [0, 0.1) is 0 Å². The Morgan fingerprint density at radius 2 is 2.14 bits per heavy atom. The van der Waals surface area contributed by atoms with Crippen LogP contribution in [0.4, 0.5) is 19.0 Å². The highest BCUT2D eigenvalue weighted by atomic mass is 19.4. The van der Waals surface area contributed by atoms with Crippen molar-refractivity contribution in [2.45, 2.75) is 13.1 Å². The number of rotatable bonds is 3. The number of carbonyl (C=O) groups is 1. The molecule has 2 aromatic rings. The molecule has 0 saturated heterocycles. The van der Waals surface area contributed by atoms with Crippen molar-refractivity contribution in [3.8, 4) is 5.69 Å². The Labute approximate surface area is 117 Å². The van der Waals surface area contributed by atoms with Crippen molar-refractivity contribution in [2.24, 2.45) is 0 Å². The Balaban J connectivity index is 2.42. The molecular formula is C12H11F3N4O2. The summed E-state index contributed by atoms with van der Waals surface area (Å²) in [4.78, 5) is 11.5. The van der Waals surface area contributed by atoms with E-state index >= 15 is 0 Å². The molecule has 2 N–H and O–H groups in total. The molecule has 0 atom stereocenters. The number of ether oxygens (including phenoxy) is 1. The number of hydrogen-bond donors (Lipinski definition) is 1. The van der Waals surface area contributed by atoms with Gasteiger partial charge in [-0.15, -0.1) is 5.10 Å². The van der Waals surface area contributed by atoms with Gasteiger partial charge in [-0.2, -0.15) is 17.9 Å². The Kier molecular flexibility index (Phi) is 3.83. The maximum atomic E-state index is 12.7. The molecular weight excluding hydrogens is 289 g/mol. The van der Waals surface area contributed by atoms with Gasteiger partial charge in [0.05, 0.1) is 17.9 Å². The van der Waals surface area contributed by atoms with Crippen molar-refractivity contribution in [3.63, 3.8) is 0 Å². The second-order valence-electron chi connectivity index (χ2n) is 4.00. The van der Waals surface area contributed by atoms with Crippen molar-refractivity contribution in [3.05, 3.63) is 35.5 Å². The number of halogens is 3. The predicted octanol–water partition coefficient (Wildman–Crippen LogP) is 2.04. The molecule has 1 heterocycles. The second-order valence-corrected chi connectivity index (χ2v) is 4.00. The van der Waals surface area contributed by atoms with Crippen molar-refractivity contribution >= 4 is 11.8 Å². The summed E-state index contributed by atoms with van der Waals surface area (Å²) in [5.41, 5.74) is 4.63. The predicted molar refractivity (Wildman–Crippen MR) is 66.7 cm³/mol. The van der Waals surface area contributed by atoms with Gasteiger partial charge in [0, 0.05) is 0 Å². The number of aromatic nitrogens is 3. The van der Waals surface area contributed by atoms with E-state index in [1.165, 1.54) is 12.1 Å². The Bertz CT molecular complexity index is 667. The van der Waals surface area contributed by atoms with Gasteiger partial charge in [-0.25, -0.2) is 4.79 Å². The van der Waals surface area contributed by atoms with Gasteiger partial charge in [0.15, 0.2) is 5.82 Å².